The Morgan fingerprint density at radius 2 is 1.96 bits per heavy atom. The van der Waals surface area contributed by atoms with E-state index in [0.717, 1.165) is 29.7 Å². The van der Waals surface area contributed by atoms with Gasteiger partial charge in [-0.15, -0.1) is 0 Å². The molecule has 0 bridgehead atoms. The third-order valence-corrected chi connectivity index (χ3v) is 7.34. The van der Waals surface area contributed by atoms with Crippen molar-refractivity contribution in [1.29, 1.82) is 0 Å². The van der Waals surface area contributed by atoms with Gasteiger partial charge in [-0.3, -0.25) is 9.78 Å². The molecule has 0 saturated carbocycles. The van der Waals surface area contributed by atoms with Crippen LogP contribution >= 0.6 is 0 Å². The van der Waals surface area contributed by atoms with Crippen LogP contribution in [0.25, 0.3) is 11.1 Å². The Kier molecular flexibility index (Phi) is 6.12. The highest BCUT2D eigenvalue weighted by molar-refractivity contribution is 7.86. The van der Waals surface area contributed by atoms with E-state index in [4.69, 9.17) is 5.73 Å². The first-order valence-electron chi connectivity index (χ1n) is 9.51. The molecule has 2 N–H and O–H groups in total. The van der Waals surface area contributed by atoms with Crippen LogP contribution in [0.2, 0.25) is 0 Å². The van der Waals surface area contributed by atoms with Crippen LogP contribution in [-0.4, -0.2) is 47.6 Å². The molecular formula is C20H26N4O3S. The van der Waals surface area contributed by atoms with Gasteiger partial charge in [-0.1, -0.05) is 32.0 Å². The Morgan fingerprint density at radius 3 is 2.57 bits per heavy atom. The number of pyridine rings is 1. The fourth-order valence-corrected chi connectivity index (χ4v) is 5.48. The predicted octanol–water partition coefficient (Wildman–Crippen LogP) is 2.57. The number of hydrogen-bond acceptors (Lipinski definition) is 4. The van der Waals surface area contributed by atoms with Crippen molar-refractivity contribution in [2.75, 3.05) is 19.6 Å². The molecule has 0 aliphatic carbocycles. The van der Waals surface area contributed by atoms with Gasteiger partial charge in [0.15, 0.2) is 0 Å². The topological polar surface area (TPSA) is 96.6 Å². The van der Waals surface area contributed by atoms with Gasteiger partial charge in [0.25, 0.3) is 10.2 Å². The van der Waals surface area contributed by atoms with Gasteiger partial charge in [-0.2, -0.15) is 17.0 Å². The second-order valence-electron chi connectivity index (χ2n) is 6.78. The zero-order valence-corrected chi connectivity index (χ0v) is 17.0. The van der Waals surface area contributed by atoms with Crippen LogP contribution in [0.1, 0.15) is 48.8 Å². The van der Waals surface area contributed by atoms with Crippen LogP contribution in [0, 0.1) is 0 Å². The monoisotopic (exact) mass is 402 g/mol. The molecule has 3 rings (SSSR count). The number of amides is 1. The van der Waals surface area contributed by atoms with Crippen LogP contribution in [0.5, 0.6) is 0 Å². The minimum atomic E-state index is -3.50. The maximum Gasteiger partial charge on any atom is 0.282 e. The molecule has 7 nitrogen and oxygen atoms in total. The molecule has 0 radical (unpaired) electrons. The summed E-state index contributed by atoms with van der Waals surface area (Å²) >= 11 is 0. The molecule has 1 aromatic heterocycles. The molecule has 1 amide bonds. The fourth-order valence-electron chi connectivity index (χ4n) is 3.64. The third-order valence-electron chi connectivity index (χ3n) is 5.14. The second-order valence-corrected chi connectivity index (χ2v) is 8.66. The molecule has 0 spiro atoms. The lowest BCUT2D eigenvalue weighted by molar-refractivity contribution is 0.100. The summed E-state index contributed by atoms with van der Waals surface area (Å²) in [5.41, 5.74) is 8.22. The molecule has 1 unspecified atom stereocenters. The van der Waals surface area contributed by atoms with Crippen molar-refractivity contribution in [2.24, 2.45) is 5.73 Å². The van der Waals surface area contributed by atoms with Crippen LogP contribution in [0.4, 0.5) is 0 Å². The van der Waals surface area contributed by atoms with E-state index in [9.17, 15) is 13.2 Å². The summed E-state index contributed by atoms with van der Waals surface area (Å²) in [5.74, 6) is -0.477. The zero-order chi connectivity index (χ0) is 20.3. The summed E-state index contributed by atoms with van der Waals surface area (Å²) in [6.07, 6.45) is 3.29. The Balaban J connectivity index is 1.87. The Bertz CT molecular complexity index is 940. The van der Waals surface area contributed by atoms with E-state index in [-0.39, 0.29) is 6.04 Å². The summed E-state index contributed by atoms with van der Waals surface area (Å²) in [6.45, 7) is 5.10. The van der Waals surface area contributed by atoms with E-state index < -0.39 is 16.1 Å². The van der Waals surface area contributed by atoms with Crippen molar-refractivity contribution in [3.05, 3.63) is 53.9 Å². The zero-order valence-electron chi connectivity index (χ0n) is 16.2. The molecular weight excluding hydrogens is 376 g/mol. The Hall–Kier alpha value is -2.29. The lowest BCUT2D eigenvalue weighted by atomic mass is 10.0. The van der Waals surface area contributed by atoms with Crippen LogP contribution < -0.4 is 5.73 Å². The van der Waals surface area contributed by atoms with Crippen LogP contribution in [0.15, 0.2) is 42.6 Å². The van der Waals surface area contributed by atoms with Crippen molar-refractivity contribution in [3.8, 4) is 11.1 Å². The highest BCUT2D eigenvalue weighted by Gasteiger charge is 2.38. The van der Waals surface area contributed by atoms with E-state index in [1.807, 2.05) is 32.0 Å². The summed E-state index contributed by atoms with van der Waals surface area (Å²) in [6, 6.07) is 10.6. The summed E-state index contributed by atoms with van der Waals surface area (Å²) in [5, 5.41) is 0. The second kappa shape index (κ2) is 8.38. The highest BCUT2D eigenvalue weighted by atomic mass is 32.2. The van der Waals surface area contributed by atoms with Crippen LogP contribution in [0.3, 0.4) is 0 Å². The Labute approximate surface area is 166 Å². The first-order chi connectivity index (χ1) is 13.4. The maximum absolute atomic E-state index is 12.9. The van der Waals surface area contributed by atoms with E-state index in [1.165, 1.54) is 4.31 Å². The third kappa shape index (κ3) is 3.94. The van der Waals surface area contributed by atoms with Crippen molar-refractivity contribution in [1.82, 2.24) is 13.6 Å². The maximum atomic E-state index is 12.9. The number of rotatable bonds is 7. The van der Waals surface area contributed by atoms with Crippen molar-refractivity contribution >= 4 is 16.1 Å². The summed E-state index contributed by atoms with van der Waals surface area (Å²) in [4.78, 5) is 15.9. The summed E-state index contributed by atoms with van der Waals surface area (Å²) in [7, 11) is -3.50. The van der Waals surface area contributed by atoms with Gasteiger partial charge in [-0.25, -0.2) is 0 Å². The minimum absolute atomic E-state index is 0.253. The molecule has 1 aliphatic rings. The molecule has 8 heteroatoms. The molecule has 2 heterocycles. The quantitative estimate of drug-likeness (QED) is 0.770. The van der Waals surface area contributed by atoms with Crippen molar-refractivity contribution < 1.29 is 13.2 Å². The van der Waals surface area contributed by atoms with Crippen molar-refractivity contribution in [2.45, 2.75) is 32.7 Å². The van der Waals surface area contributed by atoms with E-state index >= 15 is 0 Å². The van der Waals surface area contributed by atoms with Gasteiger partial charge in [0, 0.05) is 37.0 Å². The molecule has 2 aromatic rings. The van der Waals surface area contributed by atoms with Gasteiger partial charge in [0.1, 0.15) is 0 Å². The SMILES string of the molecule is CCN(CC)S(=O)(=O)N1CCCC1c1ccc(-c2cccc(C(N)=O)c2)cn1. The number of hydrogen-bond donors (Lipinski definition) is 1. The minimum Gasteiger partial charge on any atom is -0.366 e. The Morgan fingerprint density at radius 1 is 1.21 bits per heavy atom. The molecule has 1 aromatic carbocycles. The van der Waals surface area contributed by atoms with E-state index in [1.54, 1.807) is 28.7 Å². The first kappa shape index (κ1) is 20.4. The van der Waals surface area contributed by atoms with Gasteiger partial charge >= 0.3 is 0 Å². The lowest BCUT2D eigenvalue weighted by Crippen LogP contribution is -2.43. The lowest BCUT2D eigenvalue weighted by Gasteiger charge is -2.29. The summed E-state index contributed by atoms with van der Waals surface area (Å²) < 4.78 is 28.9. The largest absolute Gasteiger partial charge is 0.366 e. The van der Waals surface area contributed by atoms with Gasteiger partial charge in [-0.05, 0) is 36.6 Å². The molecule has 1 fully saturated rings. The first-order valence-corrected chi connectivity index (χ1v) is 10.9. The standard InChI is InChI=1S/C20H26N4O3S/c1-3-23(4-2)28(26,27)24-12-6-9-19(24)18-11-10-17(14-22-18)15-7-5-8-16(13-15)20(21)25/h5,7-8,10-11,13-14,19H,3-4,6,9,12H2,1-2H3,(H2,21,25). The van der Waals surface area contributed by atoms with Gasteiger partial charge in [0.05, 0.1) is 11.7 Å². The number of nitrogens with zero attached hydrogens (tertiary/aromatic N) is 3. The number of aromatic nitrogens is 1. The smallest absolute Gasteiger partial charge is 0.282 e. The normalized spacial score (nSPS) is 17.9. The van der Waals surface area contributed by atoms with E-state index in [0.29, 0.717) is 25.2 Å². The molecule has 150 valence electrons. The van der Waals surface area contributed by atoms with Crippen molar-refractivity contribution in [3.63, 3.8) is 0 Å². The number of carbonyl (C=O) groups excluding carboxylic acids is 1. The van der Waals surface area contributed by atoms with Gasteiger partial charge < -0.3 is 5.73 Å². The van der Waals surface area contributed by atoms with E-state index in [2.05, 4.69) is 4.98 Å². The average Bonchev–Trinajstić information content (AvgIpc) is 3.20. The fraction of sp³-hybridized carbons (Fsp3) is 0.400. The van der Waals surface area contributed by atoms with Crippen LogP contribution in [-0.2, 0) is 10.2 Å². The number of benzene rings is 1. The molecule has 1 atom stereocenters. The molecule has 28 heavy (non-hydrogen) atoms. The molecule has 1 saturated heterocycles. The highest BCUT2D eigenvalue weighted by Crippen LogP contribution is 2.35. The predicted molar refractivity (Wildman–Crippen MR) is 109 cm³/mol. The van der Waals surface area contributed by atoms with Gasteiger partial charge in [0.2, 0.25) is 5.91 Å². The number of primary amides is 1. The number of carbonyl (C=O) groups is 1. The number of nitrogens with two attached hydrogens (primary N) is 1. The molecule has 1 aliphatic heterocycles. The average molecular weight is 403 g/mol.